The number of aromatic nitrogens is 2. The first kappa shape index (κ1) is 17.7. The molecule has 3 nitrogen and oxygen atoms in total. The molecule has 36 heavy (non-hydrogen) atoms. The third-order valence-corrected chi connectivity index (χ3v) is 6.73. The first-order valence-electron chi connectivity index (χ1n) is 14.9. The van der Waals surface area contributed by atoms with E-state index in [-0.39, 0.29) is 22.9 Å². The van der Waals surface area contributed by atoms with Crippen molar-refractivity contribution in [3.05, 3.63) is 83.7 Å². The van der Waals surface area contributed by atoms with Crippen LogP contribution in [0.25, 0.3) is 54.9 Å². The van der Waals surface area contributed by atoms with Crippen molar-refractivity contribution in [1.82, 2.24) is 9.97 Å². The van der Waals surface area contributed by atoms with Gasteiger partial charge in [-0.1, -0.05) is 83.1 Å². The highest BCUT2D eigenvalue weighted by Crippen LogP contribution is 2.41. The lowest BCUT2D eigenvalue weighted by atomic mass is 9.82. The molecule has 6 rings (SSSR count). The topological polar surface area (TPSA) is 38.9 Å². The van der Waals surface area contributed by atoms with Gasteiger partial charge in [-0.15, -0.1) is 0 Å². The van der Waals surface area contributed by atoms with Crippen molar-refractivity contribution in [3.63, 3.8) is 0 Å². The number of rotatable bonds is 3. The highest BCUT2D eigenvalue weighted by molar-refractivity contribution is 6.18. The molecule has 0 aliphatic carbocycles. The van der Waals surface area contributed by atoms with Gasteiger partial charge in [0.2, 0.25) is 5.71 Å². The van der Waals surface area contributed by atoms with E-state index >= 15 is 0 Å². The third-order valence-electron chi connectivity index (χ3n) is 6.73. The highest BCUT2D eigenvalue weighted by Gasteiger charge is 2.23. The van der Waals surface area contributed by atoms with E-state index in [9.17, 15) is 0 Å². The Hall–Kier alpha value is -3.72. The van der Waals surface area contributed by atoms with Crippen molar-refractivity contribution in [2.75, 3.05) is 0 Å². The molecular weight excluding hydrogens is 440 g/mol. The molecule has 0 saturated carbocycles. The van der Waals surface area contributed by atoms with Crippen LogP contribution in [0.1, 0.15) is 58.4 Å². The predicted molar refractivity (Wildman–Crippen MR) is 152 cm³/mol. The molecule has 2 aromatic heterocycles. The Kier molecular flexibility index (Phi) is 4.01. The normalized spacial score (nSPS) is 15.3. The van der Waals surface area contributed by atoms with Crippen molar-refractivity contribution in [2.24, 2.45) is 5.92 Å². The van der Waals surface area contributed by atoms with Gasteiger partial charge < -0.3 is 4.42 Å². The maximum absolute atomic E-state index is 8.99. The minimum absolute atomic E-state index is 0.175. The smallest absolute Gasteiger partial charge is 0.231 e. The largest absolute Gasteiger partial charge is 0.437 e. The zero-order valence-electron chi connectivity index (χ0n) is 26.2. The molecule has 180 valence electrons. The molecule has 0 N–H and O–H groups in total. The number of benzene rings is 4. The molecular formula is C33H32N2O. The molecule has 0 aliphatic heterocycles. The van der Waals surface area contributed by atoms with Crippen LogP contribution in [0.3, 0.4) is 0 Å². The van der Waals surface area contributed by atoms with Gasteiger partial charge >= 0.3 is 0 Å². The van der Waals surface area contributed by atoms with Gasteiger partial charge in [0.05, 0.1) is 11.1 Å². The van der Waals surface area contributed by atoms with Crippen molar-refractivity contribution in [3.8, 4) is 11.3 Å². The van der Waals surface area contributed by atoms with Crippen molar-refractivity contribution >= 4 is 43.6 Å². The maximum Gasteiger partial charge on any atom is 0.231 e. The zero-order valence-corrected chi connectivity index (χ0v) is 21.2. The Morgan fingerprint density at radius 1 is 0.889 bits per heavy atom. The molecule has 0 radical (unpaired) electrons. The number of aryl methyl sites for hydroxylation is 1. The summed E-state index contributed by atoms with van der Waals surface area (Å²) < 4.78 is 48.7. The van der Waals surface area contributed by atoms with Crippen LogP contribution in [0.15, 0.2) is 71.1 Å². The molecule has 6 aromatic rings. The summed E-state index contributed by atoms with van der Waals surface area (Å²) in [6, 6.07) is 21.7. The van der Waals surface area contributed by atoms with E-state index in [1.54, 1.807) is 0 Å². The quantitative estimate of drug-likeness (QED) is 0.255. The maximum atomic E-state index is 8.99. The number of nitrogens with zero attached hydrogens (tertiary/aromatic N) is 2. The summed E-state index contributed by atoms with van der Waals surface area (Å²) in [5.74, 6) is -0.569. The summed E-state index contributed by atoms with van der Waals surface area (Å²) in [4.78, 5) is 9.08. The van der Waals surface area contributed by atoms with E-state index in [1.807, 2.05) is 68.4 Å². The third kappa shape index (κ3) is 3.65. The van der Waals surface area contributed by atoms with E-state index < -0.39 is 13.2 Å². The Labute approximate surface area is 219 Å². The first-order valence-corrected chi connectivity index (χ1v) is 12.4. The fraction of sp³-hybridized carbons (Fsp3) is 0.273. The van der Waals surface area contributed by atoms with Crippen LogP contribution in [0, 0.1) is 12.8 Å². The van der Waals surface area contributed by atoms with Crippen LogP contribution in [0.4, 0.5) is 0 Å². The predicted octanol–water partition coefficient (Wildman–Crippen LogP) is 9.15. The molecule has 0 amide bonds. The SMILES string of the molecule is [2H]C([2H])([2H])c1nc(-c2cc(C(C)(C)C)c3ccccc3c2)c2c(n1)oc1c3ccccc3c(C([2H])([2H])C(C)C)cc12. The first-order chi connectivity index (χ1) is 19.2. The van der Waals surface area contributed by atoms with Gasteiger partial charge in [-0.05, 0) is 70.0 Å². The lowest BCUT2D eigenvalue weighted by Crippen LogP contribution is -2.12. The van der Waals surface area contributed by atoms with Crippen molar-refractivity contribution < 1.29 is 11.3 Å². The number of hydrogen-bond acceptors (Lipinski definition) is 3. The summed E-state index contributed by atoms with van der Waals surface area (Å²) in [5.41, 5.74) is 3.41. The van der Waals surface area contributed by atoms with E-state index in [0.717, 1.165) is 32.7 Å². The molecule has 0 spiro atoms. The van der Waals surface area contributed by atoms with E-state index in [1.165, 1.54) is 0 Å². The molecule has 0 atom stereocenters. The van der Waals surface area contributed by atoms with E-state index in [2.05, 4.69) is 42.9 Å². The summed E-state index contributed by atoms with van der Waals surface area (Å²) in [6.45, 7) is 7.65. The molecule has 0 fully saturated rings. The van der Waals surface area contributed by atoms with Gasteiger partial charge in [0.15, 0.2) is 0 Å². The average Bonchev–Trinajstić information content (AvgIpc) is 3.29. The average molecular weight is 478 g/mol. The monoisotopic (exact) mass is 477 g/mol. The molecule has 0 aliphatic rings. The van der Waals surface area contributed by atoms with Crippen LogP contribution < -0.4 is 0 Å². The molecule has 2 heterocycles. The van der Waals surface area contributed by atoms with Crippen molar-refractivity contribution in [1.29, 1.82) is 0 Å². The number of fused-ring (bicyclic) bond motifs is 6. The fourth-order valence-corrected chi connectivity index (χ4v) is 5.20. The van der Waals surface area contributed by atoms with Crippen LogP contribution in [-0.2, 0) is 11.8 Å². The molecule has 0 saturated heterocycles. The molecule has 0 bridgehead atoms. The van der Waals surface area contributed by atoms with Crippen LogP contribution in [-0.4, -0.2) is 9.97 Å². The minimum Gasteiger partial charge on any atom is -0.437 e. The molecule has 4 aromatic carbocycles. The van der Waals surface area contributed by atoms with Gasteiger partial charge in [-0.3, -0.25) is 0 Å². The fourth-order valence-electron chi connectivity index (χ4n) is 5.20. The van der Waals surface area contributed by atoms with E-state index in [4.69, 9.17) is 11.3 Å². The Bertz CT molecular complexity index is 1980. The lowest BCUT2D eigenvalue weighted by molar-refractivity contribution is 0.596. The molecule has 0 unspecified atom stereocenters. The number of furan rings is 1. The van der Waals surface area contributed by atoms with Gasteiger partial charge in [0.1, 0.15) is 11.4 Å². The molecule has 3 heteroatoms. The second-order valence-corrected chi connectivity index (χ2v) is 10.8. The van der Waals surface area contributed by atoms with Crippen LogP contribution in [0.2, 0.25) is 0 Å². The Balaban J connectivity index is 1.81. The van der Waals surface area contributed by atoms with Crippen LogP contribution >= 0.6 is 0 Å². The second-order valence-electron chi connectivity index (χ2n) is 10.8. The van der Waals surface area contributed by atoms with Crippen molar-refractivity contribution in [2.45, 2.75) is 53.3 Å². The van der Waals surface area contributed by atoms with Gasteiger partial charge in [0.25, 0.3) is 0 Å². The summed E-state index contributed by atoms with van der Waals surface area (Å²) >= 11 is 0. The lowest BCUT2D eigenvalue weighted by Gasteiger charge is -2.23. The van der Waals surface area contributed by atoms with Gasteiger partial charge in [-0.25, -0.2) is 4.98 Å². The highest BCUT2D eigenvalue weighted by atomic mass is 16.3. The summed E-state index contributed by atoms with van der Waals surface area (Å²) in [6.07, 6.45) is -1.63. The Morgan fingerprint density at radius 3 is 2.33 bits per heavy atom. The summed E-state index contributed by atoms with van der Waals surface area (Å²) in [5, 5.41) is 4.89. The second kappa shape index (κ2) is 8.16. The van der Waals surface area contributed by atoms with Gasteiger partial charge in [-0.2, -0.15) is 4.98 Å². The summed E-state index contributed by atoms with van der Waals surface area (Å²) in [7, 11) is 0. The minimum atomic E-state index is -2.55. The number of hydrogen-bond donors (Lipinski definition) is 0. The van der Waals surface area contributed by atoms with Gasteiger partial charge in [0, 0.05) is 23.2 Å². The zero-order chi connectivity index (χ0) is 29.5. The Morgan fingerprint density at radius 2 is 1.61 bits per heavy atom. The standard InChI is InChI=1S/C33H32N2O/c1-19(2)15-22-17-27-29-30(23-16-21-11-7-8-13-25(21)28(18-23)33(4,5)6)34-20(3)35-32(29)36-31(27)26-14-10-9-12-24(22)26/h7-14,16-19H,15H2,1-6H3/i3D3,15D2. The van der Waals surface area contributed by atoms with E-state index in [0.29, 0.717) is 27.6 Å². The van der Waals surface area contributed by atoms with Crippen LogP contribution in [0.5, 0.6) is 0 Å².